The lowest BCUT2D eigenvalue weighted by molar-refractivity contribution is 0.500. The number of allylic oxidation sites excluding steroid dienone is 2. The van der Waals surface area contributed by atoms with Crippen LogP contribution in [0.5, 0.6) is 0 Å². The van der Waals surface area contributed by atoms with Gasteiger partial charge >= 0.3 is 0 Å². The number of hydrogen-bond acceptors (Lipinski definition) is 2. The van der Waals surface area contributed by atoms with Gasteiger partial charge in [-0.05, 0) is 57.4 Å². The minimum atomic E-state index is 0.0513. The molecule has 2 heterocycles. The topological polar surface area (TPSA) is 16.1 Å². The lowest BCUT2D eigenvalue weighted by Gasteiger charge is -2.35. The van der Waals surface area contributed by atoms with Gasteiger partial charge in [0.15, 0.2) is 0 Å². The summed E-state index contributed by atoms with van der Waals surface area (Å²) in [5.74, 6) is 0.452. The molecule has 2 nitrogen and oxygen atoms in total. The Kier molecular flexibility index (Phi) is 7.39. The first-order valence-corrected chi connectivity index (χ1v) is 13.8. The molecule has 0 aliphatic carbocycles. The van der Waals surface area contributed by atoms with Crippen LogP contribution in [0.1, 0.15) is 57.2 Å². The van der Waals surface area contributed by atoms with E-state index in [0.717, 1.165) is 29.1 Å². The van der Waals surface area contributed by atoms with E-state index < -0.39 is 0 Å². The minimum Gasteiger partial charge on any atom is -0.337 e. The monoisotopic (exact) mass is 510 g/mol. The third kappa shape index (κ3) is 5.66. The van der Waals surface area contributed by atoms with Gasteiger partial charge < -0.3 is 4.90 Å². The van der Waals surface area contributed by atoms with Crippen LogP contribution in [0.3, 0.4) is 0 Å². The maximum atomic E-state index is 4.84. The predicted octanol–water partition coefficient (Wildman–Crippen LogP) is 9.84. The van der Waals surface area contributed by atoms with E-state index in [1.165, 1.54) is 33.5 Å². The molecule has 0 saturated carbocycles. The standard InChI is InChI=1S/C37H38N2/c1-26(2)31-19-20-35(38-25-31)34-18-11-10-17-33(34)27(3)39-22-21-32(37(4,5)6)24-36(39)30-16-12-15-29(23-30)28-13-8-7-9-14-28/h7-21,23-26H,3,22H2,1-2,4-6H3. The van der Waals surface area contributed by atoms with Crippen molar-refractivity contribution >= 4 is 11.4 Å². The van der Waals surface area contributed by atoms with E-state index >= 15 is 0 Å². The molecular formula is C37H38N2. The quantitative estimate of drug-likeness (QED) is 0.257. The van der Waals surface area contributed by atoms with Crippen LogP contribution in [0.25, 0.3) is 33.8 Å². The van der Waals surface area contributed by atoms with Crippen molar-refractivity contribution in [2.45, 2.75) is 40.5 Å². The summed E-state index contributed by atoms with van der Waals surface area (Å²) < 4.78 is 0. The van der Waals surface area contributed by atoms with Crippen molar-refractivity contribution in [3.63, 3.8) is 0 Å². The molecule has 0 spiro atoms. The van der Waals surface area contributed by atoms with Crippen LogP contribution in [-0.4, -0.2) is 16.4 Å². The molecule has 0 fully saturated rings. The van der Waals surface area contributed by atoms with Gasteiger partial charge in [-0.1, -0.05) is 126 Å². The molecule has 0 amide bonds. The van der Waals surface area contributed by atoms with Crippen molar-refractivity contribution < 1.29 is 0 Å². The summed E-state index contributed by atoms with van der Waals surface area (Å²) >= 11 is 0. The Bertz CT molecular complexity index is 1530. The first kappa shape index (κ1) is 26.4. The van der Waals surface area contributed by atoms with Gasteiger partial charge in [-0.25, -0.2) is 0 Å². The molecule has 3 aromatic carbocycles. The van der Waals surface area contributed by atoms with E-state index in [1.54, 1.807) is 0 Å². The molecule has 5 rings (SSSR count). The van der Waals surface area contributed by atoms with Gasteiger partial charge in [-0.2, -0.15) is 0 Å². The second kappa shape index (κ2) is 10.9. The fraction of sp³-hybridized carbons (Fsp3) is 0.216. The first-order chi connectivity index (χ1) is 18.7. The zero-order chi connectivity index (χ0) is 27.6. The molecular weight excluding hydrogens is 472 g/mol. The number of nitrogens with zero attached hydrogens (tertiary/aromatic N) is 2. The van der Waals surface area contributed by atoms with E-state index in [0.29, 0.717) is 5.92 Å². The molecule has 0 radical (unpaired) electrons. The van der Waals surface area contributed by atoms with E-state index in [-0.39, 0.29) is 5.41 Å². The summed E-state index contributed by atoms with van der Waals surface area (Å²) in [5, 5.41) is 0. The molecule has 1 aliphatic heterocycles. The minimum absolute atomic E-state index is 0.0513. The maximum absolute atomic E-state index is 4.84. The predicted molar refractivity (Wildman–Crippen MR) is 167 cm³/mol. The Balaban J connectivity index is 1.57. The van der Waals surface area contributed by atoms with E-state index in [4.69, 9.17) is 4.98 Å². The third-order valence-electron chi connectivity index (χ3n) is 7.50. The fourth-order valence-corrected chi connectivity index (χ4v) is 5.09. The fourth-order valence-electron chi connectivity index (χ4n) is 5.09. The molecule has 1 aromatic heterocycles. The van der Waals surface area contributed by atoms with Crippen molar-refractivity contribution in [3.05, 3.63) is 138 Å². The van der Waals surface area contributed by atoms with Gasteiger partial charge in [0, 0.05) is 35.3 Å². The highest BCUT2D eigenvalue weighted by Crippen LogP contribution is 2.40. The largest absolute Gasteiger partial charge is 0.337 e. The Hall–Kier alpha value is -4.17. The first-order valence-electron chi connectivity index (χ1n) is 13.8. The van der Waals surface area contributed by atoms with Crippen LogP contribution in [-0.2, 0) is 0 Å². The van der Waals surface area contributed by atoms with Crippen molar-refractivity contribution in [2.75, 3.05) is 6.54 Å². The molecule has 39 heavy (non-hydrogen) atoms. The highest BCUT2D eigenvalue weighted by atomic mass is 15.1. The molecule has 0 atom stereocenters. The molecule has 0 N–H and O–H groups in total. The van der Waals surface area contributed by atoms with Crippen molar-refractivity contribution in [2.24, 2.45) is 5.41 Å². The normalized spacial score (nSPS) is 13.7. The van der Waals surface area contributed by atoms with Gasteiger partial charge in [0.25, 0.3) is 0 Å². The Labute approximate surface area is 234 Å². The van der Waals surface area contributed by atoms with Crippen LogP contribution in [0.15, 0.2) is 121 Å². The Morgan fingerprint density at radius 3 is 2.21 bits per heavy atom. The summed E-state index contributed by atoms with van der Waals surface area (Å²) in [6, 6.07) is 32.2. The smallest absolute Gasteiger partial charge is 0.0708 e. The van der Waals surface area contributed by atoms with Gasteiger partial charge in [0.1, 0.15) is 0 Å². The van der Waals surface area contributed by atoms with Crippen LogP contribution < -0.4 is 0 Å². The average molecular weight is 511 g/mol. The van der Waals surface area contributed by atoms with Gasteiger partial charge in [0.2, 0.25) is 0 Å². The van der Waals surface area contributed by atoms with Gasteiger partial charge in [0.05, 0.1) is 5.69 Å². The number of rotatable bonds is 6. The summed E-state index contributed by atoms with van der Waals surface area (Å²) in [6.07, 6.45) is 6.68. The van der Waals surface area contributed by atoms with E-state index in [9.17, 15) is 0 Å². The van der Waals surface area contributed by atoms with Gasteiger partial charge in [-0.3, -0.25) is 4.98 Å². The molecule has 0 unspecified atom stereocenters. The molecule has 0 saturated heterocycles. The molecule has 1 aliphatic rings. The molecule has 196 valence electrons. The van der Waals surface area contributed by atoms with E-state index in [1.807, 2.05) is 6.20 Å². The Morgan fingerprint density at radius 1 is 0.821 bits per heavy atom. The number of hydrogen-bond donors (Lipinski definition) is 0. The SMILES string of the molecule is C=C(c1ccccc1-c1ccc(C(C)C)cn1)N1CC=C(C(C)(C)C)C=C1c1cccc(-c2ccccc2)c1. The van der Waals surface area contributed by atoms with Crippen molar-refractivity contribution in [1.29, 1.82) is 0 Å². The zero-order valence-electron chi connectivity index (χ0n) is 23.8. The highest BCUT2D eigenvalue weighted by Gasteiger charge is 2.25. The van der Waals surface area contributed by atoms with Crippen molar-refractivity contribution in [1.82, 2.24) is 9.88 Å². The summed E-state index contributed by atoms with van der Waals surface area (Å²) in [4.78, 5) is 7.19. The molecule has 4 aromatic rings. The third-order valence-corrected chi connectivity index (χ3v) is 7.50. The van der Waals surface area contributed by atoms with Crippen LogP contribution >= 0.6 is 0 Å². The maximum Gasteiger partial charge on any atom is 0.0708 e. The summed E-state index contributed by atoms with van der Waals surface area (Å²) in [7, 11) is 0. The summed E-state index contributed by atoms with van der Waals surface area (Å²) in [6.45, 7) is 16.6. The number of benzene rings is 3. The van der Waals surface area contributed by atoms with Crippen LogP contribution in [0.4, 0.5) is 0 Å². The summed E-state index contributed by atoms with van der Waals surface area (Å²) in [5.41, 5.74) is 11.6. The number of aromatic nitrogens is 1. The molecule has 0 bridgehead atoms. The lowest BCUT2D eigenvalue weighted by atomic mass is 9.83. The number of pyridine rings is 1. The van der Waals surface area contributed by atoms with Gasteiger partial charge in [-0.15, -0.1) is 0 Å². The second-order valence-corrected chi connectivity index (χ2v) is 11.6. The van der Waals surface area contributed by atoms with E-state index in [2.05, 4.69) is 149 Å². The lowest BCUT2D eigenvalue weighted by Crippen LogP contribution is -2.26. The highest BCUT2D eigenvalue weighted by molar-refractivity contribution is 5.85. The van der Waals surface area contributed by atoms with Crippen molar-refractivity contribution in [3.8, 4) is 22.4 Å². The van der Waals surface area contributed by atoms with Crippen LogP contribution in [0, 0.1) is 5.41 Å². The second-order valence-electron chi connectivity index (χ2n) is 11.6. The average Bonchev–Trinajstić information content (AvgIpc) is 2.96. The van der Waals surface area contributed by atoms with Crippen LogP contribution in [0.2, 0.25) is 0 Å². The Morgan fingerprint density at radius 2 is 1.51 bits per heavy atom. The molecule has 2 heteroatoms. The zero-order valence-corrected chi connectivity index (χ0v) is 23.8.